The maximum absolute atomic E-state index is 11.7. The predicted molar refractivity (Wildman–Crippen MR) is 133 cm³/mol. The van der Waals surface area contributed by atoms with Crippen LogP contribution in [-0.4, -0.2) is 28.9 Å². The third kappa shape index (κ3) is 5.26. The fraction of sp³-hybridized carbons (Fsp3) is 0.143. The Hall–Kier alpha value is -4.36. The van der Waals surface area contributed by atoms with Crippen LogP contribution in [0.5, 0.6) is 5.75 Å². The van der Waals surface area contributed by atoms with Crippen LogP contribution in [0.2, 0.25) is 0 Å². The summed E-state index contributed by atoms with van der Waals surface area (Å²) in [5.74, 6) is -0.293. The third-order valence-electron chi connectivity index (χ3n) is 5.82. The number of allylic oxidation sites excluding steroid dienone is 2. The topological polar surface area (TPSA) is 83.9 Å². The minimum absolute atomic E-state index is 0.251. The Morgan fingerprint density at radius 2 is 1.86 bits per heavy atom. The molecule has 1 aromatic heterocycles. The van der Waals surface area contributed by atoms with E-state index in [0.717, 1.165) is 33.9 Å². The Morgan fingerprint density at radius 1 is 1.03 bits per heavy atom. The molecule has 0 saturated carbocycles. The van der Waals surface area contributed by atoms with Gasteiger partial charge in [0.2, 0.25) is 0 Å². The number of aliphatic carboxylic acids is 1. The maximum atomic E-state index is 11.7. The average Bonchev–Trinajstić information content (AvgIpc) is 2.90. The lowest BCUT2D eigenvalue weighted by atomic mass is 10.1. The number of carboxylic acid groups (broad SMARTS) is 1. The molecular formula is C28H25N3O4. The van der Waals surface area contributed by atoms with E-state index in [1.807, 2.05) is 91.2 Å². The van der Waals surface area contributed by atoms with Gasteiger partial charge in [0.25, 0.3) is 0 Å². The molecule has 0 aliphatic carbocycles. The van der Waals surface area contributed by atoms with Crippen molar-refractivity contribution in [2.24, 2.45) is 0 Å². The Balaban J connectivity index is 1.23. The molecule has 3 heterocycles. The van der Waals surface area contributed by atoms with E-state index in [2.05, 4.69) is 15.2 Å². The van der Waals surface area contributed by atoms with Crippen LogP contribution in [0.3, 0.4) is 0 Å². The van der Waals surface area contributed by atoms with Crippen molar-refractivity contribution >= 4 is 17.7 Å². The molecule has 0 amide bonds. The number of carboxylic acids is 1. The molecule has 7 nitrogen and oxygen atoms in total. The number of aromatic nitrogens is 1. The first kappa shape index (κ1) is 22.4. The van der Waals surface area contributed by atoms with Crippen LogP contribution in [0.1, 0.15) is 16.8 Å². The largest absolute Gasteiger partial charge is 0.479 e. The molecule has 2 aliphatic rings. The standard InChI is InChI=1S/C28H25N3O4/c32-28(33)27(34-18-21-6-2-1-3-7-21)16-20-10-12-22(13-11-20)35-19-31-25-8-4-14-29-23(25)17-24-26(31)9-5-15-30-24/h1-15,17,27,29H,16,18-19H2,(H,32,33). The number of rotatable bonds is 9. The molecule has 176 valence electrons. The molecule has 0 bridgehead atoms. The van der Waals surface area contributed by atoms with Crippen molar-refractivity contribution < 1.29 is 19.4 Å². The van der Waals surface area contributed by atoms with Gasteiger partial charge in [0.15, 0.2) is 12.8 Å². The van der Waals surface area contributed by atoms with Gasteiger partial charge in [-0.2, -0.15) is 0 Å². The second kappa shape index (κ2) is 10.3. The van der Waals surface area contributed by atoms with Gasteiger partial charge < -0.3 is 24.8 Å². The van der Waals surface area contributed by atoms with Crippen molar-refractivity contribution in [2.45, 2.75) is 19.1 Å². The van der Waals surface area contributed by atoms with Crippen LogP contribution < -0.4 is 15.0 Å². The van der Waals surface area contributed by atoms with E-state index in [0.29, 0.717) is 12.5 Å². The van der Waals surface area contributed by atoms with Gasteiger partial charge in [-0.1, -0.05) is 42.5 Å². The molecule has 2 aliphatic heterocycles. The van der Waals surface area contributed by atoms with E-state index in [-0.39, 0.29) is 13.0 Å². The molecular weight excluding hydrogens is 442 g/mol. The van der Waals surface area contributed by atoms with Gasteiger partial charge in [-0.25, -0.2) is 4.79 Å². The Kier molecular flexibility index (Phi) is 6.59. The van der Waals surface area contributed by atoms with Gasteiger partial charge in [-0.05, 0) is 53.6 Å². The summed E-state index contributed by atoms with van der Waals surface area (Å²) < 4.78 is 11.8. The summed E-state index contributed by atoms with van der Waals surface area (Å²) in [5, 5.41) is 12.9. The minimum Gasteiger partial charge on any atom is -0.479 e. The molecule has 0 spiro atoms. The number of dihydropyridines is 1. The number of nitrogens with one attached hydrogen (secondary N) is 1. The summed E-state index contributed by atoms with van der Waals surface area (Å²) in [6.07, 6.45) is 9.01. The lowest BCUT2D eigenvalue weighted by molar-refractivity contribution is -0.151. The van der Waals surface area contributed by atoms with Crippen LogP contribution in [0, 0.1) is 0 Å². The number of nitrogens with zero attached hydrogens (tertiary/aromatic N) is 2. The summed E-state index contributed by atoms with van der Waals surface area (Å²) in [5.41, 5.74) is 5.61. The van der Waals surface area contributed by atoms with Crippen LogP contribution in [0.4, 0.5) is 5.69 Å². The van der Waals surface area contributed by atoms with Crippen LogP contribution in [0.25, 0.3) is 6.08 Å². The van der Waals surface area contributed by atoms with Crippen LogP contribution >= 0.6 is 0 Å². The molecule has 7 heteroatoms. The smallest absolute Gasteiger partial charge is 0.333 e. The highest BCUT2D eigenvalue weighted by molar-refractivity contribution is 5.77. The zero-order valence-corrected chi connectivity index (χ0v) is 19.0. The maximum Gasteiger partial charge on any atom is 0.333 e. The zero-order valence-electron chi connectivity index (χ0n) is 19.0. The van der Waals surface area contributed by atoms with Gasteiger partial charge in [0.05, 0.1) is 29.4 Å². The quantitative estimate of drug-likeness (QED) is 0.480. The van der Waals surface area contributed by atoms with E-state index in [4.69, 9.17) is 9.47 Å². The van der Waals surface area contributed by atoms with Crippen molar-refractivity contribution in [3.8, 4) is 5.75 Å². The molecule has 0 saturated heterocycles. The number of hydrogen-bond donors (Lipinski definition) is 2. The van der Waals surface area contributed by atoms with Crippen molar-refractivity contribution in [3.05, 3.63) is 119 Å². The molecule has 0 fully saturated rings. The van der Waals surface area contributed by atoms with E-state index in [9.17, 15) is 9.90 Å². The molecule has 0 radical (unpaired) electrons. The Bertz CT molecular complexity index is 1280. The summed E-state index contributed by atoms with van der Waals surface area (Å²) in [6, 6.07) is 20.9. The molecule has 1 unspecified atom stereocenters. The number of fused-ring (bicyclic) bond motifs is 2. The Morgan fingerprint density at radius 3 is 2.66 bits per heavy atom. The number of ether oxygens (including phenoxy) is 2. The number of benzene rings is 2. The number of pyridine rings is 1. The summed E-state index contributed by atoms with van der Waals surface area (Å²) >= 11 is 0. The summed E-state index contributed by atoms with van der Waals surface area (Å²) in [6.45, 7) is 0.552. The number of hydrogen-bond acceptors (Lipinski definition) is 6. The first-order valence-corrected chi connectivity index (χ1v) is 11.4. The highest BCUT2D eigenvalue weighted by Crippen LogP contribution is 2.33. The zero-order chi connectivity index (χ0) is 24.0. The van der Waals surface area contributed by atoms with Crippen molar-refractivity contribution in [2.75, 3.05) is 11.6 Å². The van der Waals surface area contributed by atoms with Gasteiger partial charge in [-0.3, -0.25) is 4.98 Å². The normalized spacial score (nSPS) is 14.7. The van der Waals surface area contributed by atoms with Crippen LogP contribution in [-0.2, 0) is 22.6 Å². The second-order valence-corrected chi connectivity index (χ2v) is 8.19. The number of anilines is 1. The third-order valence-corrected chi connectivity index (χ3v) is 5.82. The van der Waals surface area contributed by atoms with Crippen LogP contribution in [0.15, 0.2) is 103 Å². The minimum atomic E-state index is -0.981. The monoisotopic (exact) mass is 467 g/mol. The van der Waals surface area contributed by atoms with Crippen molar-refractivity contribution in [3.63, 3.8) is 0 Å². The first-order valence-electron chi connectivity index (χ1n) is 11.4. The summed E-state index contributed by atoms with van der Waals surface area (Å²) in [4.78, 5) is 18.3. The molecule has 5 rings (SSSR count). The Labute approximate surface area is 203 Å². The van der Waals surface area contributed by atoms with Crippen molar-refractivity contribution in [1.82, 2.24) is 10.3 Å². The lowest BCUT2D eigenvalue weighted by Gasteiger charge is -2.33. The van der Waals surface area contributed by atoms with Gasteiger partial charge in [0, 0.05) is 18.8 Å². The molecule has 2 N–H and O–H groups in total. The van der Waals surface area contributed by atoms with Gasteiger partial charge in [-0.15, -0.1) is 0 Å². The summed E-state index contributed by atoms with van der Waals surface area (Å²) in [7, 11) is 0. The SMILES string of the molecule is O=C(O)C(Cc1ccc(OCN2C3=CC=CNC3=Cc3ncccc32)cc1)OCc1ccccc1. The van der Waals surface area contributed by atoms with Gasteiger partial charge in [0.1, 0.15) is 5.75 Å². The van der Waals surface area contributed by atoms with E-state index in [1.165, 1.54) is 0 Å². The molecule has 3 aromatic rings. The van der Waals surface area contributed by atoms with E-state index >= 15 is 0 Å². The number of carbonyl (C=O) groups is 1. The lowest BCUT2D eigenvalue weighted by Crippen LogP contribution is -2.34. The predicted octanol–water partition coefficient (Wildman–Crippen LogP) is 4.49. The molecule has 1 atom stereocenters. The molecule has 2 aromatic carbocycles. The van der Waals surface area contributed by atoms with E-state index < -0.39 is 12.1 Å². The fourth-order valence-corrected chi connectivity index (χ4v) is 4.01. The highest BCUT2D eigenvalue weighted by Gasteiger charge is 2.25. The first-order chi connectivity index (χ1) is 17.2. The van der Waals surface area contributed by atoms with Gasteiger partial charge >= 0.3 is 5.97 Å². The fourth-order valence-electron chi connectivity index (χ4n) is 4.01. The highest BCUT2D eigenvalue weighted by atomic mass is 16.5. The molecule has 35 heavy (non-hydrogen) atoms. The van der Waals surface area contributed by atoms with Crippen molar-refractivity contribution in [1.29, 1.82) is 0 Å². The average molecular weight is 468 g/mol. The second-order valence-electron chi connectivity index (χ2n) is 8.19. The van der Waals surface area contributed by atoms with E-state index in [1.54, 1.807) is 6.20 Å².